The molecule has 0 saturated heterocycles. The van der Waals surface area contributed by atoms with E-state index in [4.69, 9.17) is 5.11 Å². The van der Waals surface area contributed by atoms with Crippen LogP contribution in [0.2, 0.25) is 0 Å². The molecule has 0 saturated carbocycles. The Bertz CT molecular complexity index is 650. The van der Waals surface area contributed by atoms with Crippen LogP contribution in [0, 0.1) is 11.2 Å². The minimum absolute atomic E-state index is 0.0309. The Hall–Kier alpha value is -2.50. The van der Waals surface area contributed by atoms with E-state index in [9.17, 15) is 19.1 Å². The molecule has 1 heterocycles. The third-order valence-corrected chi connectivity index (χ3v) is 3.16. The molecule has 0 spiro atoms. The van der Waals surface area contributed by atoms with Crippen LogP contribution in [-0.4, -0.2) is 27.1 Å². The van der Waals surface area contributed by atoms with Gasteiger partial charge in [0.2, 0.25) is 0 Å². The molecule has 1 aromatic heterocycles. The fourth-order valence-electron chi connectivity index (χ4n) is 2.08. The predicted octanol–water partition coefficient (Wildman–Crippen LogP) is 2.11. The number of aliphatic carboxylic acids is 2. The van der Waals surface area contributed by atoms with E-state index in [0.717, 1.165) is 6.20 Å². The minimum atomic E-state index is -1.34. The highest BCUT2D eigenvalue weighted by atomic mass is 19.1. The molecule has 0 aromatic carbocycles. The molecule has 0 fully saturated rings. The van der Waals surface area contributed by atoms with Gasteiger partial charge in [-0.2, -0.15) is 0 Å². The van der Waals surface area contributed by atoms with Gasteiger partial charge in [0.05, 0.1) is 11.6 Å². The van der Waals surface area contributed by atoms with Crippen LogP contribution in [0.15, 0.2) is 36.2 Å². The fourth-order valence-corrected chi connectivity index (χ4v) is 2.08. The van der Waals surface area contributed by atoms with Crippen LogP contribution in [0.3, 0.4) is 0 Å². The van der Waals surface area contributed by atoms with Crippen molar-refractivity contribution in [2.24, 2.45) is 5.41 Å². The van der Waals surface area contributed by atoms with Gasteiger partial charge in [0.25, 0.3) is 0 Å². The Morgan fingerprint density at radius 1 is 1.35 bits per heavy atom. The van der Waals surface area contributed by atoms with Crippen LogP contribution in [0.4, 0.5) is 4.39 Å². The number of hydrogen-bond acceptors (Lipinski definition) is 3. The van der Waals surface area contributed by atoms with Crippen LogP contribution in [-0.2, 0) is 9.59 Å². The van der Waals surface area contributed by atoms with Gasteiger partial charge in [0.1, 0.15) is 5.82 Å². The van der Waals surface area contributed by atoms with Crippen molar-refractivity contribution in [3.63, 3.8) is 0 Å². The molecule has 1 aliphatic carbocycles. The summed E-state index contributed by atoms with van der Waals surface area (Å²) in [5.74, 6) is -2.89. The zero-order valence-corrected chi connectivity index (χ0v) is 10.6. The van der Waals surface area contributed by atoms with E-state index >= 15 is 0 Å². The lowest BCUT2D eigenvalue weighted by Crippen LogP contribution is -2.29. The second kappa shape index (κ2) is 4.88. The van der Waals surface area contributed by atoms with Gasteiger partial charge < -0.3 is 10.2 Å². The summed E-state index contributed by atoms with van der Waals surface area (Å²) in [5.41, 5.74) is -0.692. The highest BCUT2D eigenvalue weighted by Gasteiger charge is 2.36. The van der Waals surface area contributed by atoms with Gasteiger partial charge in [-0.05, 0) is 31.1 Å². The average Bonchev–Trinajstić information content (AvgIpc) is 2.38. The number of carboxylic acid groups (broad SMARTS) is 2. The van der Waals surface area contributed by atoms with Crippen molar-refractivity contribution in [1.82, 2.24) is 4.98 Å². The molecule has 6 heteroatoms. The van der Waals surface area contributed by atoms with Gasteiger partial charge in [-0.15, -0.1) is 0 Å². The lowest BCUT2D eigenvalue weighted by molar-refractivity contribution is -0.145. The molecule has 0 amide bonds. The standard InChI is InChI=1S/C14H12FNO4/c1-14(13(19)20)4-8(2-9(5-14)12(17)18)10-3-11(15)7-16-6-10/h2-4,6-7H,5H2,1H3,(H,17,18)(H,19,20). The van der Waals surface area contributed by atoms with E-state index in [2.05, 4.69) is 4.98 Å². The second-order valence-corrected chi connectivity index (χ2v) is 4.87. The number of carbonyl (C=O) groups is 2. The summed E-state index contributed by atoms with van der Waals surface area (Å²) in [7, 11) is 0. The van der Waals surface area contributed by atoms with Gasteiger partial charge in [-0.1, -0.05) is 6.08 Å². The number of rotatable bonds is 3. The van der Waals surface area contributed by atoms with Crippen LogP contribution < -0.4 is 0 Å². The van der Waals surface area contributed by atoms with Crippen molar-refractivity contribution in [2.75, 3.05) is 0 Å². The fraction of sp³-hybridized carbons (Fsp3) is 0.214. The highest BCUT2D eigenvalue weighted by Crippen LogP contribution is 2.37. The zero-order valence-electron chi connectivity index (χ0n) is 10.6. The van der Waals surface area contributed by atoms with E-state index in [-0.39, 0.29) is 12.0 Å². The maximum atomic E-state index is 13.2. The lowest BCUT2D eigenvalue weighted by Gasteiger charge is -2.26. The largest absolute Gasteiger partial charge is 0.481 e. The van der Waals surface area contributed by atoms with Crippen molar-refractivity contribution >= 4 is 17.5 Å². The van der Waals surface area contributed by atoms with E-state index in [1.165, 1.54) is 31.3 Å². The summed E-state index contributed by atoms with van der Waals surface area (Å²) < 4.78 is 13.2. The van der Waals surface area contributed by atoms with Crippen LogP contribution in [0.1, 0.15) is 18.9 Å². The first-order valence-corrected chi connectivity index (χ1v) is 5.83. The molecule has 0 radical (unpaired) electrons. The molecule has 104 valence electrons. The van der Waals surface area contributed by atoms with Crippen LogP contribution in [0.25, 0.3) is 5.57 Å². The van der Waals surface area contributed by atoms with E-state index < -0.39 is 23.2 Å². The predicted molar refractivity (Wildman–Crippen MR) is 68.3 cm³/mol. The Balaban J connectivity index is 2.56. The maximum absolute atomic E-state index is 13.2. The van der Waals surface area contributed by atoms with Crippen molar-refractivity contribution in [1.29, 1.82) is 0 Å². The number of aromatic nitrogens is 1. The molecular weight excluding hydrogens is 265 g/mol. The Kier molecular flexibility index (Phi) is 3.40. The minimum Gasteiger partial charge on any atom is -0.481 e. The van der Waals surface area contributed by atoms with Crippen molar-refractivity contribution < 1.29 is 24.2 Å². The number of pyridine rings is 1. The van der Waals surface area contributed by atoms with E-state index in [1.54, 1.807) is 0 Å². The number of hydrogen-bond donors (Lipinski definition) is 2. The van der Waals surface area contributed by atoms with Gasteiger partial charge >= 0.3 is 11.9 Å². The molecule has 20 heavy (non-hydrogen) atoms. The van der Waals surface area contributed by atoms with E-state index in [1.807, 2.05) is 0 Å². The van der Waals surface area contributed by atoms with Crippen molar-refractivity contribution in [3.8, 4) is 0 Å². The van der Waals surface area contributed by atoms with Gasteiger partial charge in [-0.3, -0.25) is 9.78 Å². The molecular formula is C14H12FNO4. The van der Waals surface area contributed by atoms with Crippen molar-refractivity contribution in [2.45, 2.75) is 13.3 Å². The molecule has 1 aromatic rings. The summed E-state index contributed by atoms with van der Waals surface area (Å²) in [5, 5.41) is 18.4. The first kappa shape index (κ1) is 13.9. The number of halogens is 1. The third kappa shape index (κ3) is 2.59. The molecule has 2 N–H and O–H groups in total. The number of nitrogens with zero attached hydrogens (tertiary/aromatic N) is 1. The molecule has 0 aliphatic heterocycles. The second-order valence-electron chi connectivity index (χ2n) is 4.87. The summed E-state index contributed by atoms with van der Waals surface area (Å²) >= 11 is 0. The summed E-state index contributed by atoms with van der Waals surface area (Å²) in [6.45, 7) is 1.43. The molecule has 1 unspecified atom stereocenters. The Labute approximate surface area is 114 Å². The molecule has 1 atom stereocenters. The monoisotopic (exact) mass is 277 g/mol. The van der Waals surface area contributed by atoms with E-state index in [0.29, 0.717) is 11.1 Å². The number of carboxylic acids is 2. The van der Waals surface area contributed by atoms with Crippen LogP contribution >= 0.6 is 0 Å². The quantitative estimate of drug-likeness (QED) is 0.883. The van der Waals surface area contributed by atoms with Gasteiger partial charge in [0, 0.05) is 17.3 Å². The zero-order chi connectivity index (χ0) is 14.9. The number of allylic oxidation sites excluding steroid dienone is 2. The Morgan fingerprint density at radius 2 is 2.05 bits per heavy atom. The molecule has 5 nitrogen and oxygen atoms in total. The summed E-state index contributed by atoms with van der Waals surface area (Å²) in [4.78, 5) is 26.1. The smallest absolute Gasteiger partial charge is 0.331 e. The average molecular weight is 277 g/mol. The summed E-state index contributed by atoms with van der Waals surface area (Å²) in [6.07, 6.45) is 5.04. The van der Waals surface area contributed by atoms with Crippen LogP contribution in [0.5, 0.6) is 0 Å². The summed E-state index contributed by atoms with van der Waals surface area (Å²) in [6, 6.07) is 1.18. The first-order chi connectivity index (χ1) is 9.32. The molecule has 0 bridgehead atoms. The first-order valence-electron chi connectivity index (χ1n) is 5.83. The Morgan fingerprint density at radius 3 is 2.60 bits per heavy atom. The maximum Gasteiger partial charge on any atom is 0.331 e. The van der Waals surface area contributed by atoms with Gasteiger partial charge in [0.15, 0.2) is 0 Å². The highest BCUT2D eigenvalue weighted by molar-refractivity contribution is 5.96. The lowest BCUT2D eigenvalue weighted by atomic mass is 9.76. The third-order valence-electron chi connectivity index (χ3n) is 3.16. The van der Waals surface area contributed by atoms with Gasteiger partial charge in [-0.25, -0.2) is 9.18 Å². The topological polar surface area (TPSA) is 87.5 Å². The molecule has 1 aliphatic rings. The van der Waals surface area contributed by atoms with Crippen molar-refractivity contribution in [3.05, 3.63) is 47.6 Å². The normalized spacial score (nSPS) is 21.9. The SMILES string of the molecule is CC1(C(=O)O)C=C(c2cncc(F)c2)C=C(C(=O)O)C1. The molecule has 2 rings (SSSR count).